The number of halogens is 1. The van der Waals surface area contributed by atoms with E-state index in [9.17, 15) is 9.59 Å². The number of carbonyl (C=O) groups excluding carboxylic acids is 2. The van der Waals surface area contributed by atoms with E-state index in [0.29, 0.717) is 22.4 Å². The van der Waals surface area contributed by atoms with E-state index in [1.54, 1.807) is 24.0 Å². The van der Waals surface area contributed by atoms with E-state index in [0.717, 1.165) is 19.3 Å². The van der Waals surface area contributed by atoms with Crippen molar-refractivity contribution in [2.45, 2.75) is 38.6 Å². The van der Waals surface area contributed by atoms with E-state index < -0.39 is 0 Å². The molecule has 1 aliphatic heterocycles. The molecule has 1 aliphatic rings. The topological polar surface area (TPSA) is 46.6 Å². The zero-order valence-corrected chi connectivity index (χ0v) is 13.0. The van der Waals surface area contributed by atoms with Gasteiger partial charge in [0.05, 0.1) is 22.2 Å². The van der Waals surface area contributed by atoms with Gasteiger partial charge in [0.1, 0.15) is 0 Å². The molecule has 0 aromatic carbocycles. The molecular formula is C14H18ClNO3S. The Morgan fingerprint density at radius 3 is 2.90 bits per heavy atom. The highest BCUT2D eigenvalue weighted by Crippen LogP contribution is 2.27. The molecule has 6 heteroatoms. The zero-order chi connectivity index (χ0) is 14.5. The molecule has 0 spiro atoms. The highest BCUT2D eigenvalue weighted by atomic mass is 35.5. The number of amides is 1. The third-order valence-corrected chi connectivity index (χ3v) is 4.60. The fourth-order valence-corrected chi connectivity index (χ4v) is 3.46. The van der Waals surface area contributed by atoms with Crippen LogP contribution in [0, 0.1) is 0 Å². The van der Waals surface area contributed by atoms with Gasteiger partial charge in [0.2, 0.25) is 0 Å². The third-order valence-electron chi connectivity index (χ3n) is 3.38. The van der Waals surface area contributed by atoms with Crippen LogP contribution in [0.2, 0.25) is 4.34 Å². The van der Waals surface area contributed by atoms with Gasteiger partial charge in [0.25, 0.3) is 5.91 Å². The molecule has 1 atom stereocenters. The second kappa shape index (κ2) is 7.09. The molecule has 1 amide bonds. The van der Waals surface area contributed by atoms with Gasteiger partial charge >= 0.3 is 5.97 Å². The monoisotopic (exact) mass is 315 g/mol. The Kier molecular flexibility index (Phi) is 5.43. The number of rotatable bonds is 4. The van der Waals surface area contributed by atoms with E-state index in [1.807, 2.05) is 0 Å². The van der Waals surface area contributed by atoms with Crippen LogP contribution < -0.4 is 0 Å². The lowest BCUT2D eigenvalue weighted by Crippen LogP contribution is -2.44. The van der Waals surface area contributed by atoms with Gasteiger partial charge in [0, 0.05) is 12.6 Å². The van der Waals surface area contributed by atoms with E-state index in [4.69, 9.17) is 16.3 Å². The van der Waals surface area contributed by atoms with Crippen LogP contribution in [0.5, 0.6) is 0 Å². The van der Waals surface area contributed by atoms with Crippen LogP contribution in [-0.4, -0.2) is 36.0 Å². The molecule has 0 aliphatic carbocycles. The van der Waals surface area contributed by atoms with Crippen LogP contribution in [0.15, 0.2) is 12.1 Å². The molecular weight excluding hydrogens is 298 g/mol. The molecule has 1 saturated heterocycles. The summed E-state index contributed by atoms with van der Waals surface area (Å²) in [5.74, 6) is -0.266. The molecule has 1 fully saturated rings. The number of piperidine rings is 1. The Bertz CT molecular complexity index is 489. The molecule has 20 heavy (non-hydrogen) atoms. The van der Waals surface area contributed by atoms with Crippen LogP contribution in [0.1, 0.15) is 42.3 Å². The minimum Gasteiger partial charge on any atom is -0.466 e. The lowest BCUT2D eigenvalue weighted by atomic mass is 9.99. The van der Waals surface area contributed by atoms with Crippen molar-refractivity contribution in [3.63, 3.8) is 0 Å². The fourth-order valence-electron chi connectivity index (χ4n) is 2.46. The molecule has 1 aromatic heterocycles. The summed E-state index contributed by atoms with van der Waals surface area (Å²) in [5.41, 5.74) is 0. The average Bonchev–Trinajstić information content (AvgIpc) is 2.85. The van der Waals surface area contributed by atoms with Crippen molar-refractivity contribution < 1.29 is 14.3 Å². The van der Waals surface area contributed by atoms with Gasteiger partial charge in [0.15, 0.2) is 0 Å². The van der Waals surface area contributed by atoms with Crippen molar-refractivity contribution in [3.05, 3.63) is 21.3 Å². The normalized spacial score (nSPS) is 18.9. The minimum absolute atomic E-state index is 0.0316. The summed E-state index contributed by atoms with van der Waals surface area (Å²) in [6, 6.07) is 3.41. The molecule has 1 aromatic rings. The molecule has 2 heterocycles. The predicted octanol–water partition coefficient (Wildman–Crippen LogP) is 3.35. The Morgan fingerprint density at radius 1 is 1.45 bits per heavy atom. The number of ether oxygens (including phenoxy) is 1. The smallest absolute Gasteiger partial charge is 0.307 e. The molecule has 0 N–H and O–H groups in total. The summed E-state index contributed by atoms with van der Waals surface area (Å²) in [5, 5.41) is 0. The van der Waals surface area contributed by atoms with Crippen molar-refractivity contribution in [1.29, 1.82) is 0 Å². The maximum absolute atomic E-state index is 12.5. The van der Waals surface area contributed by atoms with E-state index >= 15 is 0 Å². The number of likely N-dealkylation sites (tertiary alicyclic amines) is 1. The van der Waals surface area contributed by atoms with Crippen molar-refractivity contribution in [2.75, 3.05) is 13.2 Å². The number of esters is 1. The van der Waals surface area contributed by atoms with Crippen molar-refractivity contribution in [2.24, 2.45) is 0 Å². The summed E-state index contributed by atoms with van der Waals surface area (Å²) < 4.78 is 5.59. The second-order valence-corrected chi connectivity index (χ2v) is 6.48. The summed E-state index contributed by atoms with van der Waals surface area (Å²) in [4.78, 5) is 26.6. The van der Waals surface area contributed by atoms with E-state index in [-0.39, 0.29) is 24.3 Å². The summed E-state index contributed by atoms with van der Waals surface area (Å²) in [6.45, 7) is 2.85. The van der Waals surface area contributed by atoms with Gasteiger partial charge in [-0.25, -0.2) is 0 Å². The lowest BCUT2D eigenvalue weighted by molar-refractivity contribution is -0.144. The maximum Gasteiger partial charge on any atom is 0.307 e. The van der Waals surface area contributed by atoms with Gasteiger partial charge in [-0.05, 0) is 38.3 Å². The predicted molar refractivity (Wildman–Crippen MR) is 79.3 cm³/mol. The largest absolute Gasteiger partial charge is 0.466 e. The van der Waals surface area contributed by atoms with Gasteiger partial charge in [-0.1, -0.05) is 11.6 Å². The van der Waals surface area contributed by atoms with Crippen LogP contribution in [0.25, 0.3) is 0 Å². The number of nitrogens with zero attached hydrogens (tertiary/aromatic N) is 1. The standard InChI is InChI=1S/C14H18ClNO3S/c1-2-19-13(17)9-10-5-3-4-8-16(10)14(18)11-6-7-12(15)20-11/h6-7,10H,2-5,8-9H2,1H3/t10-/m1/s1. The number of hydrogen-bond acceptors (Lipinski definition) is 4. The summed E-state index contributed by atoms with van der Waals surface area (Å²) in [7, 11) is 0. The first-order chi connectivity index (χ1) is 9.61. The first kappa shape index (κ1) is 15.3. The highest BCUT2D eigenvalue weighted by Gasteiger charge is 2.30. The Morgan fingerprint density at radius 2 is 2.25 bits per heavy atom. The quantitative estimate of drug-likeness (QED) is 0.800. The molecule has 0 unspecified atom stereocenters. The number of carbonyl (C=O) groups is 2. The minimum atomic E-state index is -0.235. The fraction of sp³-hybridized carbons (Fsp3) is 0.571. The number of thiophene rings is 1. The van der Waals surface area contributed by atoms with E-state index in [2.05, 4.69) is 0 Å². The average molecular weight is 316 g/mol. The number of hydrogen-bond donors (Lipinski definition) is 0. The van der Waals surface area contributed by atoms with Gasteiger partial charge < -0.3 is 9.64 Å². The maximum atomic E-state index is 12.5. The Balaban J connectivity index is 2.06. The van der Waals surface area contributed by atoms with Gasteiger partial charge in [-0.2, -0.15) is 0 Å². The zero-order valence-electron chi connectivity index (χ0n) is 11.4. The second-order valence-electron chi connectivity index (χ2n) is 4.76. The SMILES string of the molecule is CCOC(=O)C[C@H]1CCCCN1C(=O)c1ccc(Cl)s1. The molecule has 0 saturated carbocycles. The molecule has 2 rings (SSSR count). The third kappa shape index (κ3) is 3.73. The van der Waals surface area contributed by atoms with Gasteiger partial charge in [-0.3, -0.25) is 9.59 Å². The van der Waals surface area contributed by atoms with Gasteiger partial charge in [-0.15, -0.1) is 11.3 Å². The molecule has 4 nitrogen and oxygen atoms in total. The Hall–Kier alpha value is -1.07. The Labute approximate surface area is 127 Å². The van der Waals surface area contributed by atoms with Crippen LogP contribution in [0.4, 0.5) is 0 Å². The summed E-state index contributed by atoms with van der Waals surface area (Å²) in [6.07, 6.45) is 3.14. The van der Waals surface area contributed by atoms with Crippen molar-refractivity contribution >= 4 is 34.8 Å². The molecule has 110 valence electrons. The van der Waals surface area contributed by atoms with Crippen LogP contribution >= 0.6 is 22.9 Å². The first-order valence-corrected chi connectivity index (χ1v) is 8.03. The van der Waals surface area contributed by atoms with Crippen LogP contribution in [-0.2, 0) is 9.53 Å². The lowest BCUT2D eigenvalue weighted by Gasteiger charge is -2.35. The first-order valence-electron chi connectivity index (χ1n) is 6.83. The van der Waals surface area contributed by atoms with Crippen molar-refractivity contribution in [1.82, 2.24) is 4.90 Å². The molecule has 0 radical (unpaired) electrons. The molecule has 0 bridgehead atoms. The van der Waals surface area contributed by atoms with Crippen molar-refractivity contribution in [3.8, 4) is 0 Å². The van der Waals surface area contributed by atoms with Crippen LogP contribution in [0.3, 0.4) is 0 Å². The summed E-state index contributed by atoms with van der Waals surface area (Å²) >= 11 is 7.16. The van der Waals surface area contributed by atoms with E-state index in [1.165, 1.54) is 11.3 Å². The highest BCUT2D eigenvalue weighted by molar-refractivity contribution is 7.17.